The van der Waals surface area contributed by atoms with Crippen LogP contribution >= 0.6 is 0 Å². The van der Waals surface area contributed by atoms with E-state index in [1.807, 2.05) is 0 Å². The van der Waals surface area contributed by atoms with Crippen LogP contribution in [-0.2, 0) is 0 Å². The van der Waals surface area contributed by atoms with Gasteiger partial charge in [-0.2, -0.15) is 0 Å². The lowest BCUT2D eigenvalue weighted by Crippen LogP contribution is -1.91. The summed E-state index contributed by atoms with van der Waals surface area (Å²) in [7, 11) is 0. The summed E-state index contributed by atoms with van der Waals surface area (Å²) in [6, 6.07) is 37.0. The number of aromatic nitrogens is 1. The maximum atomic E-state index is 2.44. The molecule has 0 N–H and O–H groups in total. The second kappa shape index (κ2) is 5.46. The fourth-order valence-electron chi connectivity index (χ4n) is 4.46. The second-order valence-corrected chi connectivity index (χ2v) is 7.00. The first kappa shape index (κ1) is 14.6. The highest BCUT2D eigenvalue weighted by Crippen LogP contribution is 2.41. The van der Waals surface area contributed by atoms with Crippen molar-refractivity contribution in [2.45, 2.75) is 0 Å². The summed E-state index contributed by atoms with van der Waals surface area (Å²) in [5.41, 5.74) is 6.37. The van der Waals surface area contributed by atoms with E-state index in [4.69, 9.17) is 0 Å². The highest BCUT2D eigenvalue weighted by Gasteiger charge is 2.18. The van der Waals surface area contributed by atoms with Gasteiger partial charge in [-0.1, -0.05) is 91.0 Å². The molecule has 0 atom stereocenters. The predicted octanol–water partition coefficient (Wildman–Crippen LogP) is 7.07. The Morgan fingerprint density at radius 2 is 0.926 bits per heavy atom. The van der Waals surface area contributed by atoms with Gasteiger partial charge in [-0.05, 0) is 23.1 Å². The van der Waals surface area contributed by atoms with Crippen LogP contribution < -0.4 is 0 Å². The molecule has 0 spiro atoms. The Morgan fingerprint density at radius 1 is 0.407 bits per heavy atom. The molecular weight excluding hydrogens is 326 g/mol. The molecule has 1 heteroatoms. The lowest BCUT2D eigenvalue weighted by Gasteiger charge is -2.11. The quantitative estimate of drug-likeness (QED) is 0.281. The topological polar surface area (TPSA) is 4.41 Å². The monoisotopic (exact) mass is 343 g/mol. The standard InChI is InChI=1S/C26H17N/c1-2-10-18(11-3-1)25-22-15-7-9-17-24(22)27-23-16-8-6-13-20(23)19-12-4-5-14-21(19)26(25)27/h1-17H. The maximum absolute atomic E-state index is 2.44. The molecule has 0 aliphatic heterocycles. The summed E-state index contributed by atoms with van der Waals surface area (Å²) < 4.78 is 2.44. The lowest BCUT2D eigenvalue weighted by atomic mass is 9.99. The first-order valence-electron chi connectivity index (χ1n) is 9.31. The minimum Gasteiger partial charge on any atom is -0.308 e. The number of nitrogens with zero attached hydrogens (tertiary/aromatic N) is 1. The van der Waals surface area contributed by atoms with Crippen molar-refractivity contribution in [2.75, 3.05) is 0 Å². The lowest BCUT2D eigenvalue weighted by molar-refractivity contribution is 1.35. The zero-order valence-electron chi connectivity index (χ0n) is 14.8. The largest absolute Gasteiger partial charge is 0.308 e. The van der Waals surface area contributed by atoms with E-state index < -0.39 is 0 Å². The summed E-state index contributed by atoms with van der Waals surface area (Å²) in [5.74, 6) is 0. The van der Waals surface area contributed by atoms with Crippen molar-refractivity contribution in [3.8, 4) is 11.1 Å². The Morgan fingerprint density at radius 3 is 1.67 bits per heavy atom. The first-order chi connectivity index (χ1) is 13.4. The van der Waals surface area contributed by atoms with Crippen LogP contribution in [0.15, 0.2) is 103 Å². The highest BCUT2D eigenvalue weighted by atomic mass is 14.9. The van der Waals surface area contributed by atoms with Gasteiger partial charge in [0, 0.05) is 21.7 Å². The van der Waals surface area contributed by atoms with Gasteiger partial charge in [0.25, 0.3) is 0 Å². The van der Waals surface area contributed by atoms with Gasteiger partial charge in [0.1, 0.15) is 0 Å². The van der Waals surface area contributed by atoms with E-state index >= 15 is 0 Å². The number of hydrogen-bond acceptors (Lipinski definition) is 0. The van der Waals surface area contributed by atoms with Gasteiger partial charge in [0.15, 0.2) is 0 Å². The molecule has 0 saturated heterocycles. The smallest absolute Gasteiger partial charge is 0.0625 e. The minimum absolute atomic E-state index is 1.25. The van der Waals surface area contributed by atoms with Crippen LogP contribution in [0.5, 0.6) is 0 Å². The van der Waals surface area contributed by atoms with Crippen molar-refractivity contribution in [3.63, 3.8) is 0 Å². The SMILES string of the molecule is c1ccc(-c2c3ccccc3n3c4ccccc4c4ccccc4c23)cc1. The van der Waals surface area contributed by atoms with Crippen molar-refractivity contribution >= 4 is 38.1 Å². The molecule has 0 radical (unpaired) electrons. The Hall–Kier alpha value is -3.58. The van der Waals surface area contributed by atoms with E-state index in [0.29, 0.717) is 0 Å². The molecule has 2 heterocycles. The molecule has 126 valence electrons. The van der Waals surface area contributed by atoms with Crippen molar-refractivity contribution in [3.05, 3.63) is 103 Å². The van der Waals surface area contributed by atoms with Gasteiger partial charge < -0.3 is 4.40 Å². The van der Waals surface area contributed by atoms with Gasteiger partial charge in [-0.25, -0.2) is 0 Å². The molecule has 0 saturated carbocycles. The zero-order chi connectivity index (χ0) is 17.8. The van der Waals surface area contributed by atoms with Crippen LogP contribution in [0.2, 0.25) is 0 Å². The predicted molar refractivity (Wildman–Crippen MR) is 115 cm³/mol. The molecule has 6 rings (SSSR count). The minimum atomic E-state index is 1.25. The maximum Gasteiger partial charge on any atom is 0.0625 e. The second-order valence-electron chi connectivity index (χ2n) is 7.00. The van der Waals surface area contributed by atoms with Crippen LogP contribution in [0.1, 0.15) is 0 Å². The van der Waals surface area contributed by atoms with Crippen LogP contribution in [0, 0.1) is 0 Å². The van der Waals surface area contributed by atoms with Crippen molar-refractivity contribution in [1.82, 2.24) is 4.40 Å². The molecule has 0 bridgehead atoms. The molecular formula is C26H17N. The first-order valence-corrected chi connectivity index (χ1v) is 9.31. The van der Waals surface area contributed by atoms with E-state index in [2.05, 4.69) is 108 Å². The third kappa shape index (κ3) is 1.94. The Bertz CT molecular complexity index is 1460. The van der Waals surface area contributed by atoms with Crippen LogP contribution in [0.4, 0.5) is 0 Å². The molecule has 0 amide bonds. The number of pyridine rings is 1. The van der Waals surface area contributed by atoms with Crippen molar-refractivity contribution < 1.29 is 0 Å². The molecule has 0 unspecified atom stereocenters. The molecule has 0 aliphatic carbocycles. The fourth-order valence-corrected chi connectivity index (χ4v) is 4.46. The molecule has 1 nitrogen and oxygen atoms in total. The van der Waals surface area contributed by atoms with E-state index in [1.165, 1.54) is 49.2 Å². The fraction of sp³-hybridized carbons (Fsp3) is 0. The van der Waals surface area contributed by atoms with E-state index in [1.54, 1.807) is 0 Å². The number of fused-ring (bicyclic) bond motifs is 8. The number of hydrogen-bond donors (Lipinski definition) is 0. The molecule has 4 aromatic carbocycles. The van der Waals surface area contributed by atoms with Crippen molar-refractivity contribution in [1.29, 1.82) is 0 Å². The zero-order valence-corrected chi connectivity index (χ0v) is 14.8. The number of rotatable bonds is 1. The summed E-state index contributed by atoms with van der Waals surface area (Å²) >= 11 is 0. The summed E-state index contributed by atoms with van der Waals surface area (Å²) in [6.45, 7) is 0. The average molecular weight is 343 g/mol. The molecule has 0 aliphatic rings. The van der Waals surface area contributed by atoms with Crippen molar-refractivity contribution in [2.24, 2.45) is 0 Å². The summed E-state index contributed by atoms with van der Waals surface area (Å²) in [6.07, 6.45) is 0. The number of para-hydroxylation sites is 2. The van der Waals surface area contributed by atoms with E-state index in [-0.39, 0.29) is 0 Å². The van der Waals surface area contributed by atoms with Crippen LogP contribution in [0.3, 0.4) is 0 Å². The van der Waals surface area contributed by atoms with Gasteiger partial charge >= 0.3 is 0 Å². The molecule has 6 aromatic rings. The van der Waals surface area contributed by atoms with Gasteiger partial charge in [-0.3, -0.25) is 0 Å². The molecule has 2 aromatic heterocycles. The normalized spacial score (nSPS) is 11.7. The van der Waals surface area contributed by atoms with E-state index in [0.717, 1.165) is 0 Å². The van der Waals surface area contributed by atoms with Crippen LogP contribution in [0.25, 0.3) is 49.2 Å². The number of benzene rings is 4. The van der Waals surface area contributed by atoms with Gasteiger partial charge in [-0.15, -0.1) is 0 Å². The Kier molecular flexibility index (Phi) is 2.95. The summed E-state index contributed by atoms with van der Waals surface area (Å²) in [4.78, 5) is 0. The third-order valence-electron chi connectivity index (χ3n) is 5.55. The van der Waals surface area contributed by atoms with Gasteiger partial charge in [0.2, 0.25) is 0 Å². The highest BCUT2D eigenvalue weighted by molar-refractivity contribution is 6.21. The van der Waals surface area contributed by atoms with Crippen LogP contribution in [-0.4, -0.2) is 4.40 Å². The molecule has 27 heavy (non-hydrogen) atoms. The Balaban J connectivity index is 2.02. The van der Waals surface area contributed by atoms with Gasteiger partial charge in [0.05, 0.1) is 16.6 Å². The third-order valence-corrected chi connectivity index (χ3v) is 5.55. The Labute approximate surface area is 157 Å². The van der Waals surface area contributed by atoms with E-state index in [9.17, 15) is 0 Å². The summed E-state index contributed by atoms with van der Waals surface area (Å²) in [5, 5.41) is 5.19. The molecule has 0 fully saturated rings. The average Bonchev–Trinajstić information content (AvgIpc) is 3.10.